The van der Waals surface area contributed by atoms with Crippen molar-refractivity contribution in [2.75, 3.05) is 20.8 Å². The summed E-state index contributed by atoms with van der Waals surface area (Å²) in [7, 11) is 3.26. The Morgan fingerprint density at radius 2 is 1.81 bits per heavy atom. The summed E-state index contributed by atoms with van der Waals surface area (Å²) in [6.07, 6.45) is 0.877. The van der Waals surface area contributed by atoms with E-state index in [1.165, 1.54) is 16.0 Å². The molecule has 142 valence electrons. The molecular weight excluding hydrogens is 330 g/mol. The molecule has 6 nitrogen and oxygen atoms in total. The fourth-order valence-corrected chi connectivity index (χ4v) is 3.21. The standard InChI is InChI=1S/C20H29N3O3/c1-13(2)20(4,12-21)22-19(24)14(3)23-8-7-15-9-17(25-5)18(26-6)10-16(15)11-23/h9-10,13-14H,7-8,11H2,1-6H3,(H,22,24)/p+1/t14-,20-/m0/s1. The highest BCUT2D eigenvalue weighted by atomic mass is 16.5. The van der Waals surface area contributed by atoms with Gasteiger partial charge in [0.15, 0.2) is 17.5 Å². The van der Waals surface area contributed by atoms with Crippen LogP contribution in [-0.2, 0) is 17.8 Å². The Labute approximate surface area is 156 Å². The van der Waals surface area contributed by atoms with Crippen LogP contribution in [0.3, 0.4) is 0 Å². The minimum atomic E-state index is -0.852. The zero-order valence-electron chi connectivity index (χ0n) is 16.6. The average Bonchev–Trinajstić information content (AvgIpc) is 2.65. The lowest BCUT2D eigenvalue weighted by atomic mass is 9.89. The summed E-state index contributed by atoms with van der Waals surface area (Å²) < 4.78 is 10.8. The number of carbonyl (C=O) groups is 1. The van der Waals surface area contributed by atoms with Gasteiger partial charge >= 0.3 is 0 Å². The van der Waals surface area contributed by atoms with Gasteiger partial charge in [0.2, 0.25) is 0 Å². The Kier molecular flexibility index (Phi) is 6.14. The Morgan fingerprint density at radius 1 is 1.23 bits per heavy atom. The van der Waals surface area contributed by atoms with Crippen molar-refractivity contribution < 1.29 is 19.2 Å². The molecule has 6 heteroatoms. The van der Waals surface area contributed by atoms with Crippen LogP contribution in [0, 0.1) is 17.2 Å². The monoisotopic (exact) mass is 360 g/mol. The van der Waals surface area contributed by atoms with E-state index in [1.54, 1.807) is 21.1 Å². The molecule has 1 unspecified atom stereocenters. The summed E-state index contributed by atoms with van der Waals surface area (Å²) in [5, 5.41) is 12.4. The number of rotatable bonds is 6. The number of amides is 1. The number of methoxy groups -OCH3 is 2. The van der Waals surface area contributed by atoms with Gasteiger partial charge < -0.3 is 19.7 Å². The van der Waals surface area contributed by atoms with Gasteiger partial charge in [0.05, 0.1) is 26.8 Å². The second-order valence-electron chi connectivity index (χ2n) is 7.49. The molecule has 2 N–H and O–H groups in total. The maximum absolute atomic E-state index is 12.7. The topological polar surface area (TPSA) is 75.8 Å². The molecule has 0 fully saturated rings. The van der Waals surface area contributed by atoms with E-state index in [0.717, 1.165) is 25.3 Å². The molecule has 0 aliphatic carbocycles. The molecular formula is C20H30N3O3+. The number of nitrogens with one attached hydrogen (secondary N) is 2. The van der Waals surface area contributed by atoms with E-state index >= 15 is 0 Å². The summed E-state index contributed by atoms with van der Waals surface area (Å²) in [5.74, 6) is 1.41. The van der Waals surface area contributed by atoms with Crippen molar-refractivity contribution >= 4 is 5.91 Å². The number of fused-ring (bicyclic) bond motifs is 1. The molecule has 0 spiro atoms. The van der Waals surface area contributed by atoms with Gasteiger partial charge in [-0.2, -0.15) is 5.26 Å². The van der Waals surface area contributed by atoms with Crippen LogP contribution in [-0.4, -0.2) is 38.3 Å². The molecule has 26 heavy (non-hydrogen) atoms. The molecule has 2 rings (SSSR count). The van der Waals surface area contributed by atoms with Crippen LogP contribution in [0.2, 0.25) is 0 Å². The first-order chi connectivity index (χ1) is 12.3. The van der Waals surface area contributed by atoms with Gasteiger partial charge in [0.1, 0.15) is 12.1 Å². The quantitative estimate of drug-likeness (QED) is 0.796. The zero-order chi connectivity index (χ0) is 19.5. The van der Waals surface area contributed by atoms with Gasteiger partial charge in [0.25, 0.3) is 5.91 Å². The van der Waals surface area contributed by atoms with Crippen LogP contribution in [0.25, 0.3) is 0 Å². The van der Waals surface area contributed by atoms with Gasteiger partial charge in [-0.15, -0.1) is 0 Å². The van der Waals surface area contributed by atoms with Crippen molar-refractivity contribution in [2.45, 2.75) is 52.2 Å². The fraction of sp³-hybridized carbons (Fsp3) is 0.600. The van der Waals surface area contributed by atoms with E-state index in [-0.39, 0.29) is 17.9 Å². The number of hydrogen-bond acceptors (Lipinski definition) is 4. The van der Waals surface area contributed by atoms with E-state index in [9.17, 15) is 10.1 Å². The number of hydrogen-bond donors (Lipinski definition) is 2. The SMILES string of the molecule is COc1cc2c(cc1OC)C[NH+]([C@@H](C)C(=O)N[C@@](C)(C#N)C(C)C)CC2. The summed E-state index contributed by atoms with van der Waals surface area (Å²) in [4.78, 5) is 13.9. The molecule has 1 aliphatic rings. The van der Waals surface area contributed by atoms with Gasteiger partial charge in [-0.25, -0.2) is 0 Å². The maximum atomic E-state index is 12.7. The van der Waals surface area contributed by atoms with E-state index in [1.807, 2.05) is 32.9 Å². The van der Waals surface area contributed by atoms with Crippen molar-refractivity contribution in [3.63, 3.8) is 0 Å². The molecule has 1 heterocycles. The molecule has 0 aromatic heterocycles. The molecule has 0 saturated carbocycles. The minimum Gasteiger partial charge on any atom is -0.493 e. The number of nitrogens with zero attached hydrogens (tertiary/aromatic N) is 1. The van der Waals surface area contributed by atoms with Gasteiger partial charge in [-0.3, -0.25) is 4.79 Å². The summed E-state index contributed by atoms with van der Waals surface area (Å²) >= 11 is 0. The first kappa shape index (κ1) is 20.1. The third-order valence-corrected chi connectivity index (χ3v) is 5.61. The number of benzene rings is 1. The third kappa shape index (κ3) is 3.94. The molecule has 0 bridgehead atoms. The van der Waals surface area contributed by atoms with Crippen molar-refractivity contribution in [3.05, 3.63) is 23.3 Å². The maximum Gasteiger partial charge on any atom is 0.279 e. The number of ether oxygens (including phenoxy) is 2. The molecule has 0 saturated heterocycles. The number of nitriles is 1. The highest BCUT2D eigenvalue weighted by Crippen LogP contribution is 2.31. The summed E-state index contributed by atoms with van der Waals surface area (Å²) in [5.41, 5.74) is 1.56. The fourth-order valence-electron chi connectivity index (χ4n) is 3.21. The molecule has 1 amide bonds. The highest BCUT2D eigenvalue weighted by Gasteiger charge is 2.36. The molecule has 1 aromatic rings. The predicted octanol–water partition coefficient (Wildman–Crippen LogP) is 1.09. The van der Waals surface area contributed by atoms with E-state index in [0.29, 0.717) is 5.75 Å². The van der Waals surface area contributed by atoms with Gasteiger partial charge in [-0.05, 0) is 37.5 Å². The zero-order valence-corrected chi connectivity index (χ0v) is 16.6. The summed E-state index contributed by atoms with van der Waals surface area (Å²) in [6, 6.07) is 6.04. The Morgan fingerprint density at radius 3 is 2.31 bits per heavy atom. The van der Waals surface area contributed by atoms with E-state index < -0.39 is 5.54 Å². The van der Waals surface area contributed by atoms with Crippen molar-refractivity contribution in [1.82, 2.24) is 5.32 Å². The lowest BCUT2D eigenvalue weighted by molar-refractivity contribution is -0.929. The van der Waals surface area contributed by atoms with Crippen molar-refractivity contribution in [3.8, 4) is 17.6 Å². The molecule has 1 aromatic carbocycles. The minimum absolute atomic E-state index is 0.0393. The first-order valence-electron chi connectivity index (χ1n) is 9.07. The van der Waals surface area contributed by atoms with Crippen LogP contribution in [0.1, 0.15) is 38.8 Å². The predicted molar refractivity (Wildman–Crippen MR) is 99.2 cm³/mol. The van der Waals surface area contributed by atoms with Crippen molar-refractivity contribution in [1.29, 1.82) is 5.26 Å². The Balaban J connectivity index is 2.15. The number of quaternary nitrogens is 1. The van der Waals surface area contributed by atoms with Crippen LogP contribution in [0.15, 0.2) is 12.1 Å². The average molecular weight is 360 g/mol. The summed E-state index contributed by atoms with van der Waals surface area (Å²) in [6.45, 7) is 9.20. The van der Waals surface area contributed by atoms with Crippen LogP contribution in [0.5, 0.6) is 11.5 Å². The third-order valence-electron chi connectivity index (χ3n) is 5.61. The largest absolute Gasteiger partial charge is 0.493 e. The number of carbonyl (C=O) groups excluding carboxylic acids is 1. The molecule has 0 radical (unpaired) electrons. The van der Waals surface area contributed by atoms with E-state index in [2.05, 4.69) is 11.4 Å². The van der Waals surface area contributed by atoms with Crippen LogP contribution >= 0.6 is 0 Å². The smallest absolute Gasteiger partial charge is 0.279 e. The lowest BCUT2D eigenvalue weighted by Gasteiger charge is -2.33. The second kappa shape index (κ2) is 7.96. The van der Waals surface area contributed by atoms with Crippen LogP contribution < -0.4 is 19.7 Å². The normalized spacial score (nSPS) is 19.7. The Hall–Kier alpha value is -2.26. The first-order valence-corrected chi connectivity index (χ1v) is 9.07. The van der Waals surface area contributed by atoms with E-state index in [4.69, 9.17) is 9.47 Å². The van der Waals surface area contributed by atoms with Crippen LogP contribution in [0.4, 0.5) is 0 Å². The van der Waals surface area contributed by atoms with Gasteiger partial charge in [0, 0.05) is 12.0 Å². The highest BCUT2D eigenvalue weighted by molar-refractivity contribution is 5.81. The second-order valence-corrected chi connectivity index (χ2v) is 7.49. The lowest BCUT2D eigenvalue weighted by Crippen LogP contribution is -3.16. The van der Waals surface area contributed by atoms with Gasteiger partial charge in [-0.1, -0.05) is 13.8 Å². The van der Waals surface area contributed by atoms with Crippen molar-refractivity contribution in [2.24, 2.45) is 5.92 Å². The molecule has 1 aliphatic heterocycles. The Bertz CT molecular complexity index is 711. The molecule has 3 atom stereocenters.